The summed E-state index contributed by atoms with van der Waals surface area (Å²) in [4.78, 5) is 26.7. The van der Waals surface area contributed by atoms with E-state index in [0.29, 0.717) is 48.7 Å². The molecule has 4 aromatic rings. The summed E-state index contributed by atoms with van der Waals surface area (Å²) in [5, 5.41) is 26.9. The van der Waals surface area contributed by atoms with Gasteiger partial charge in [-0.1, -0.05) is 23.4 Å². The van der Waals surface area contributed by atoms with Crippen LogP contribution in [0.5, 0.6) is 0 Å². The molecule has 180 valence electrons. The van der Waals surface area contributed by atoms with E-state index in [1.54, 1.807) is 35.1 Å². The summed E-state index contributed by atoms with van der Waals surface area (Å²) in [5.74, 6) is -0.955. The molecule has 1 saturated heterocycles. The summed E-state index contributed by atoms with van der Waals surface area (Å²) in [6, 6.07) is 16.8. The van der Waals surface area contributed by atoms with Gasteiger partial charge in [-0.05, 0) is 43.3 Å². The summed E-state index contributed by atoms with van der Waals surface area (Å²) in [5.41, 5.74) is 10.6. The fourth-order valence-corrected chi connectivity index (χ4v) is 4.26. The van der Waals surface area contributed by atoms with Gasteiger partial charge in [0, 0.05) is 18.7 Å². The number of likely N-dealkylation sites (tertiary alicyclic amines) is 1. The highest BCUT2D eigenvalue weighted by Gasteiger charge is 2.28. The predicted octanol–water partition coefficient (Wildman–Crippen LogP) is 2.21. The molecule has 0 spiro atoms. The average Bonchev–Trinajstić information content (AvgIpc) is 3.54. The normalized spacial score (nSPS) is 15.6. The Kier molecular flexibility index (Phi) is 6.34. The van der Waals surface area contributed by atoms with Crippen molar-refractivity contribution in [3.63, 3.8) is 0 Å². The van der Waals surface area contributed by atoms with Crippen LogP contribution < -0.4 is 5.73 Å². The second-order valence-corrected chi connectivity index (χ2v) is 8.67. The van der Waals surface area contributed by atoms with Gasteiger partial charge in [0.05, 0.1) is 53.1 Å². The molecule has 0 bridgehead atoms. The highest BCUT2D eigenvalue weighted by atomic mass is 16.4. The first-order valence-electron chi connectivity index (χ1n) is 11.4. The van der Waals surface area contributed by atoms with Gasteiger partial charge in [0.15, 0.2) is 0 Å². The molecular formula is C25H23N9O2. The van der Waals surface area contributed by atoms with Gasteiger partial charge in [-0.2, -0.15) is 5.26 Å². The summed E-state index contributed by atoms with van der Waals surface area (Å²) >= 11 is 0. The highest BCUT2D eigenvalue weighted by molar-refractivity contribution is 5.70. The van der Waals surface area contributed by atoms with Crippen LogP contribution in [0.4, 0.5) is 5.95 Å². The van der Waals surface area contributed by atoms with Crippen LogP contribution in [0.3, 0.4) is 0 Å². The van der Waals surface area contributed by atoms with Crippen molar-refractivity contribution in [1.82, 2.24) is 34.8 Å². The SMILES string of the molecule is N#Cc1cccc(-c2cc(-c3cn(Cc4cccc(CN5CCC(C(=O)O)C5)n4)nn3)nc(N)n2)c1. The average molecular weight is 482 g/mol. The number of nitrogens with two attached hydrogens (primary N) is 1. The number of carbonyl (C=O) groups is 1. The Morgan fingerprint density at radius 2 is 1.83 bits per heavy atom. The number of aliphatic carboxylic acids is 1. The molecule has 1 aliphatic rings. The Morgan fingerprint density at radius 1 is 1.06 bits per heavy atom. The lowest BCUT2D eigenvalue weighted by atomic mass is 10.1. The molecule has 1 fully saturated rings. The molecule has 0 aliphatic carbocycles. The minimum absolute atomic E-state index is 0.0980. The minimum Gasteiger partial charge on any atom is -0.481 e. The van der Waals surface area contributed by atoms with Crippen molar-refractivity contribution in [2.45, 2.75) is 19.5 Å². The largest absolute Gasteiger partial charge is 0.481 e. The van der Waals surface area contributed by atoms with E-state index in [4.69, 9.17) is 10.7 Å². The molecule has 3 aromatic heterocycles. The highest BCUT2D eigenvalue weighted by Crippen LogP contribution is 2.24. The number of nitrogen functional groups attached to an aromatic ring is 1. The fraction of sp³-hybridized carbons (Fsp3) is 0.240. The van der Waals surface area contributed by atoms with E-state index in [2.05, 4.69) is 31.2 Å². The lowest BCUT2D eigenvalue weighted by Crippen LogP contribution is -2.23. The molecule has 0 amide bonds. The molecule has 0 radical (unpaired) electrons. The fourth-order valence-electron chi connectivity index (χ4n) is 4.26. The maximum Gasteiger partial charge on any atom is 0.307 e. The van der Waals surface area contributed by atoms with Crippen LogP contribution in [0, 0.1) is 17.2 Å². The van der Waals surface area contributed by atoms with Crippen LogP contribution in [-0.2, 0) is 17.9 Å². The molecule has 11 nitrogen and oxygen atoms in total. The lowest BCUT2D eigenvalue weighted by Gasteiger charge is -2.15. The summed E-state index contributed by atoms with van der Waals surface area (Å²) in [6.45, 7) is 2.31. The van der Waals surface area contributed by atoms with E-state index in [1.807, 2.05) is 24.3 Å². The Hall–Kier alpha value is -4.69. The van der Waals surface area contributed by atoms with E-state index in [9.17, 15) is 15.2 Å². The second-order valence-electron chi connectivity index (χ2n) is 8.67. The molecule has 0 saturated carbocycles. The first-order valence-corrected chi connectivity index (χ1v) is 11.4. The van der Waals surface area contributed by atoms with Crippen LogP contribution in [0.1, 0.15) is 23.4 Å². The van der Waals surface area contributed by atoms with E-state index >= 15 is 0 Å². The monoisotopic (exact) mass is 481 g/mol. The lowest BCUT2D eigenvalue weighted by molar-refractivity contribution is -0.141. The number of pyridine rings is 1. The second kappa shape index (κ2) is 9.89. The number of nitrogens with zero attached hydrogens (tertiary/aromatic N) is 8. The topological polar surface area (TPSA) is 160 Å². The summed E-state index contributed by atoms with van der Waals surface area (Å²) in [6.07, 6.45) is 2.43. The number of hydrogen-bond donors (Lipinski definition) is 2. The van der Waals surface area contributed by atoms with Crippen LogP contribution in [0.2, 0.25) is 0 Å². The van der Waals surface area contributed by atoms with Crippen LogP contribution in [-0.4, -0.2) is 59.0 Å². The Labute approximate surface area is 206 Å². The number of aromatic nitrogens is 6. The molecule has 1 atom stereocenters. The zero-order valence-electron chi connectivity index (χ0n) is 19.3. The quantitative estimate of drug-likeness (QED) is 0.400. The third-order valence-corrected chi connectivity index (χ3v) is 6.03. The zero-order valence-corrected chi connectivity index (χ0v) is 19.3. The predicted molar refractivity (Wildman–Crippen MR) is 130 cm³/mol. The smallest absolute Gasteiger partial charge is 0.307 e. The van der Waals surface area contributed by atoms with E-state index in [-0.39, 0.29) is 11.9 Å². The summed E-state index contributed by atoms with van der Waals surface area (Å²) < 4.78 is 1.67. The third kappa shape index (κ3) is 5.18. The van der Waals surface area contributed by atoms with E-state index in [1.165, 1.54) is 0 Å². The molecular weight excluding hydrogens is 458 g/mol. The van der Waals surface area contributed by atoms with Crippen molar-refractivity contribution >= 4 is 11.9 Å². The first-order chi connectivity index (χ1) is 17.5. The van der Waals surface area contributed by atoms with Gasteiger partial charge in [-0.25, -0.2) is 14.6 Å². The molecule has 4 heterocycles. The maximum absolute atomic E-state index is 11.2. The van der Waals surface area contributed by atoms with Gasteiger partial charge in [0.1, 0.15) is 5.69 Å². The Bertz CT molecular complexity index is 1460. The van der Waals surface area contributed by atoms with Gasteiger partial charge in [0.2, 0.25) is 5.95 Å². The number of anilines is 1. The Balaban J connectivity index is 1.31. The number of rotatable bonds is 7. The molecule has 1 unspecified atom stereocenters. The van der Waals surface area contributed by atoms with Crippen molar-refractivity contribution in [2.24, 2.45) is 5.92 Å². The number of carboxylic acid groups (broad SMARTS) is 1. The van der Waals surface area contributed by atoms with E-state index < -0.39 is 5.97 Å². The number of nitriles is 1. The van der Waals surface area contributed by atoms with Crippen molar-refractivity contribution in [3.8, 4) is 28.7 Å². The van der Waals surface area contributed by atoms with Crippen LogP contribution in [0.15, 0.2) is 54.7 Å². The van der Waals surface area contributed by atoms with Crippen molar-refractivity contribution in [1.29, 1.82) is 5.26 Å². The first kappa shape index (κ1) is 23.1. The van der Waals surface area contributed by atoms with Gasteiger partial charge >= 0.3 is 5.97 Å². The molecule has 5 rings (SSSR count). The van der Waals surface area contributed by atoms with Gasteiger partial charge < -0.3 is 10.8 Å². The summed E-state index contributed by atoms with van der Waals surface area (Å²) in [7, 11) is 0. The molecule has 3 N–H and O–H groups in total. The third-order valence-electron chi connectivity index (χ3n) is 6.03. The van der Waals surface area contributed by atoms with Crippen LogP contribution in [0.25, 0.3) is 22.6 Å². The maximum atomic E-state index is 11.2. The zero-order chi connectivity index (χ0) is 25.1. The number of hydrogen-bond acceptors (Lipinski definition) is 9. The standard InChI is InChI=1S/C25H23N9O2/c26-11-16-3-1-4-17(9-16)21-10-22(30-25(27)29-21)23-15-34(32-31-23)14-20-6-2-5-19(28-20)13-33-8-7-18(12-33)24(35)36/h1-6,9-10,15,18H,7-8,12-14H2,(H,35,36)(H2,27,29,30). The van der Waals surface area contributed by atoms with Gasteiger partial charge in [-0.15, -0.1) is 5.10 Å². The molecule has 36 heavy (non-hydrogen) atoms. The van der Waals surface area contributed by atoms with Crippen molar-refractivity contribution < 1.29 is 9.90 Å². The minimum atomic E-state index is -0.741. The van der Waals surface area contributed by atoms with Crippen molar-refractivity contribution in [2.75, 3.05) is 18.8 Å². The molecule has 1 aromatic carbocycles. The molecule has 1 aliphatic heterocycles. The van der Waals surface area contributed by atoms with E-state index in [0.717, 1.165) is 23.5 Å². The Morgan fingerprint density at radius 3 is 2.61 bits per heavy atom. The molecule has 11 heteroatoms. The van der Waals surface area contributed by atoms with Gasteiger partial charge in [0.25, 0.3) is 0 Å². The van der Waals surface area contributed by atoms with Crippen molar-refractivity contribution in [3.05, 3.63) is 71.7 Å². The number of benzene rings is 1. The number of carboxylic acids is 1. The van der Waals surface area contributed by atoms with Crippen LogP contribution >= 0.6 is 0 Å². The van der Waals surface area contributed by atoms with Gasteiger partial charge in [-0.3, -0.25) is 14.7 Å².